The Kier molecular flexibility index (Phi) is 7.33. The SMILES string of the molecule is CCOCCN(CC)CC(N)=NO. The Bertz CT molecular complexity index is 150. The molecule has 0 aliphatic rings. The van der Waals surface area contributed by atoms with Crippen molar-refractivity contribution in [2.24, 2.45) is 10.9 Å². The zero-order valence-corrected chi connectivity index (χ0v) is 8.36. The summed E-state index contributed by atoms with van der Waals surface area (Å²) in [7, 11) is 0. The second kappa shape index (κ2) is 7.82. The number of nitrogens with two attached hydrogens (primary N) is 1. The Morgan fingerprint density at radius 3 is 2.69 bits per heavy atom. The van der Waals surface area contributed by atoms with Crippen molar-refractivity contribution < 1.29 is 9.94 Å². The maximum absolute atomic E-state index is 8.36. The van der Waals surface area contributed by atoms with Gasteiger partial charge in [-0.15, -0.1) is 0 Å². The topological polar surface area (TPSA) is 71.1 Å². The molecule has 78 valence electrons. The van der Waals surface area contributed by atoms with E-state index in [9.17, 15) is 0 Å². The minimum Gasteiger partial charge on any atom is -0.409 e. The second-order valence-corrected chi connectivity index (χ2v) is 2.66. The van der Waals surface area contributed by atoms with Crippen molar-refractivity contribution in [3.63, 3.8) is 0 Å². The zero-order chi connectivity index (χ0) is 10.1. The molecule has 0 bridgehead atoms. The Labute approximate surface area is 79.2 Å². The number of oxime groups is 1. The summed E-state index contributed by atoms with van der Waals surface area (Å²) in [5.41, 5.74) is 5.37. The van der Waals surface area contributed by atoms with E-state index in [-0.39, 0.29) is 5.84 Å². The molecule has 0 aromatic heterocycles. The third-order valence-corrected chi connectivity index (χ3v) is 1.72. The van der Waals surface area contributed by atoms with Crippen molar-refractivity contribution in [1.29, 1.82) is 0 Å². The predicted molar refractivity (Wildman–Crippen MR) is 52.0 cm³/mol. The lowest BCUT2D eigenvalue weighted by Gasteiger charge is -2.18. The summed E-state index contributed by atoms with van der Waals surface area (Å²) in [5.74, 6) is 0.235. The van der Waals surface area contributed by atoms with Gasteiger partial charge < -0.3 is 15.7 Å². The van der Waals surface area contributed by atoms with Gasteiger partial charge >= 0.3 is 0 Å². The third-order valence-electron chi connectivity index (χ3n) is 1.72. The smallest absolute Gasteiger partial charge is 0.153 e. The van der Waals surface area contributed by atoms with Gasteiger partial charge in [0.25, 0.3) is 0 Å². The third kappa shape index (κ3) is 6.36. The monoisotopic (exact) mass is 189 g/mol. The summed E-state index contributed by atoms with van der Waals surface area (Å²) in [6, 6.07) is 0. The fourth-order valence-electron chi connectivity index (χ4n) is 0.948. The van der Waals surface area contributed by atoms with Crippen LogP contribution < -0.4 is 5.73 Å². The number of likely N-dealkylation sites (N-methyl/N-ethyl adjacent to an activating group) is 1. The molecule has 3 N–H and O–H groups in total. The van der Waals surface area contributed by atoms with Gasteiger partial charge in [-0.2, -0.15) is 0 Å². The van der Waals surface area contributed by atoms with E-state index in [0.29, 0.717) is 13.2 Å². The highest BCUT2D eigenvalue weighted by molar-refractivity contribution is 5.81. The largest absolute Gasteiger partial charge is 0.409 e. The van der Waals surface area contributed by atoms with Gasteiger partial charge in [0, 0.05) is 13.2 Å². The lowest BCUT2D eigenvalue weighted by molar-refractivity contribution is 0.120. The molecule has 0 rings (SSSR count). The molecule has 0 unspecified atom stereocenters. The van der Waals surface area contributed by atoms with E-state index in [2.05, 4.69) is 5.16 Å². The van der Waals surface area contributed by atoms with Gasteiger partial charge in [-0.25, -0.2) is 0 Å². The summed E-state index contributed by atoms with van der Waals surface area (Å²) >= 11 is 0. The van der Waals surface area contributed by atoms with Crippen LogP contribution >= 0.6 is 0 Å². The summed E-state index contributed by atoms with van der Waals surface area (Å²) in [5, 5.41) is 11.3. The van der Waals surface area contributed by atoms with E-state index in [0.717, 1.165) is 19.7 Å². The minimum absolute atomic E-state index is 0.235. The fourth-order valence-corrected chi connectivity index (χ4v) is 0.948. The molecule has 0 aliphatic heterocycles. The van der Waals surface area contributed by atoms with Crippen molar-refractivity contribution in [3.05, 3.63) is 0 Å². The Morgan fingerprint density at radius 1 is 1.54 bits per heavy atom. The van der Waals surface area contributed by atoms with Gasteiger partial charge in [0.1, 0.15) is 0 Å². The maximum Gasteiger partial charge on any atom is 0.153 e. The first-order valence-corrected chi connectivity index (χ1v) is 4.51. The van der Waals surface area contributed by atoms with Crippen LogP contribution in [0, 0.1) is 0 Å². The molecule has 5 heteroatoms. The highest BCUT2D eigenvalue weighted by atomic mass is 16.5. The lowest BCUT2D eigenvalue weighted by Crippen LogP contribution is -2.36. The number of hydrogen-bond donors (Lipinski definition) is 2. The first kappa shape index (κ1) is 12.2. The maximum atomic E-state index is 8.36. The summed E-state index contributed by atoms with van der Waals surface area (Å²) in [6.07, 6.45) is 0. The van der Waals surface area contributed by atoms with Gasteiger partial charge in [0.05, 0.1) is 13.2 Å². The quantitative estimate of drug-likeness (QED) is 0.196. The first-order chi connectivity index (χ1) is 6.24. The van der Waals surface area contributed by atoms with Gasteiger partial charge in [-0.05, 0) is 13.5 Å². The Morgan fingerprint density at radius 2 is 2.23 bits per heavy atom. The normalized spacial score (nSPS) is 12.4. The van der Waals surface area contributed by atoms with E-state index in [1.807, 2.05) is 18.7 Å². The van der Waals surface area contributed by atoms with E-state index in [4.69, 9.17) is 15.7 Å². The summed E-state index contributed by atoms with van der Waals surface area (Å²) in [6.45, 7) is 7.55. The van der Waals surface area contributed by atoms with E-state index >= 15 is 0 Å². The molecule has 0 atom stereocenters. The van der Waals surface area contributed by atoms with Gasteiger partial charge in [-0.1, -0.05) is 12.1 Å². The molecular formula is C8H19N3O2. The fraction of sp³-hybridized carbons (Fsp3) is 0.875. The van der Waals surface area contributed by atoms with Crippen LogP contribution in [0.5, 0.6) is 0 Å². The van der Waals surface area contributed by atoms with Crippen LogP contribution in [-0.4, -0.2) is 48.8 Å². The van der Waals surface area contributed by atoms with Gasteiger partial charge in [0.2, 0.25) is 0 Å². The molecule has 5 nitrogen and oxygen atoms in total. The standard InChI is InChI=1S/C8H19N3O2/c1-3-11(5-6-13-4-2)7-8(9)10-12/h12H,3-7H2,1-2H3,(H2,9,10). The van der Waals surface area contributed by atoms with Crippen LogP contribution in [-0.2, 0) is 4.74 Å². The second-order valence-electron chi connectivity index (χ2n) is 2.66. The molecule has 0 radical (unpaired) electrons. The van der Waals surface area contributed by atoms with Crippen molar-refractivity contribution >= 4 is 5.84 Å². The number of ether oxygens (including phenoxy) is 1. The molecule has 0 heterocycles. The molecule has 0 aliphatic carbocycles. The van der Waals surface area contributed by atoms with Gasteiger partial charge in [0.15, 0.2) is 5.84 Å². The summed E-state index contributed by atoms with van der Waals surface area (Å²) in [4.78, 5) is 2.05. The predicted octanol–water partition coefficient (Wildman–Crippen LogP) is 0.0912. The average molecular weight is 189 g/mol. The molecule has 0 spiro atoms. The molecular weight excluding hydrogens is 170 g/mol. The molecule has 0 saturated heterocycles. The van der Waals surface area contributed by atoms with Crippen molar-refractivity contribution in [1.82, 2.24) is 4.90 Å². The van der Waals surface area contributed by atoms with Gasteiger partial charge in [-0.3, -0.25) is 4.90 Å². The average Bonchev–Trinajstić information content (AvgIpc) is 2.16. The van der Waals surface area contributed by atoms with Crippen molar-refractivity contribution in [2.75, 3.05) is 32.8 Å². The number of rotatable bonds is 7. The van der Waals surface area contributed by atoms with E-state index in [1.54, 1.807) is 0 Å². The van der Waals surface area contributed by atoms with Crippen LogP contribution in [0.3, 0.4) is 0 Å². The molecule has 13 heavy (non-hydrogen) atoms. The van der Waals surface area contributed by atoms with Crippen LogP contribution in [0.15, 0.2) is 5.16 Å². The minimum atomic E-state index is 0.235. The van der Waals surface area contributed by atoms with E-state index < -0.39 is 0 Å². The van der Waals surface area contributed by atoms with Crippen LogP contribution in [0.1, 0.15) is 13.8 Å². The zero-order valence-electron chi connectivity index (χ0n) is 8.36. The van der Waals surface area contributed by atoms with Crippen LogP contribution in [0.4, 0.5) is 0 Å². The molecule has 0 amide bonds. The van der Waals surface area contributed by atoms with Crippen molar-refractivity contribution in [2.45, 2.75) is 13.8 Å². The molecule has 0 fully saturated rings. The Hall–Kier alpha value is -0.810. The molecule has 0 aromatic carbocycles. The molecule has 0 aromatic rings. The number of amidine groups is 1. The summed E-state index contributed by atoms with van der Waals surface area (Å²) < 4.78 is 5.20. The van der Waals surface area contributed by atoms with Crippen LogP contribution in [0.25, 0.3) is 0 Å². The van der Waals surface area contributed by atoms with Crippen LogP contribution in [0.2, 0.25) is 0 Å². The number of hydrogen-bond acceptors (Lipinski definition) is 4. The van der Waals surface area contributed by atoms with Crippen molar-refractivity contribution in [3.8, 4) is 0 Å². The molecule has 0 saturated carbocycles. The lowest BCUT2D eigenvalue weighted by atomic mass is 10.4. The Balaban J connectivity index is 3.63. The first-order valence-electron chi connectivity index (χ1n) is 4.51. The van der Waals surface area contributed by atoms with E-state index in [1.165, 1.54) is 0 Å². The number of nitrogens with zero attached hydrogens (tertiary/aromatic N) is 2. The highest BCUT2D eigenvalue weighted by Gasteiger charge is 2.03. The highest BCUT2D eigenvalue weighted by Crippen LogP contribution is 1.87.